The van der Waals surface area contributed by atoms with Crippen LogP contribution in [-0.2, 0) is 4.74 Å². The molecule has 0 aliphatic carbocycles. The first-order chi connectivity index (χ1) is 8.38. The van der Waals surface area contributed by atoms with Crippen molar-refractivity contribution in [3.8, 4) is 0 Å². The number of nitrogens with zero attached hydrogens (tertiary/aromatic N) is 1. The minimum absolute atomic E-state index is 0.555. The molecule has 0 saturated heterocycles. The molecule has 1 amide bonds. The topological polar surface area (TPSA) is 49.8 Å². The SMILES string of the molecule is CC(C)(C)OC(=O)N1C=Cc2ccccc2C1O. The maximum absolute atomic E-state index is 11.9. The molecule has 1 heterocycles. The highest BCUT2D eigenvalue weighted by Crippen LogP contribution is 2.29. The Morgan fingerprint density at radius 3 is 2.67 bits per heavy atom. The summed E-state index contributed by atoms with van der Waals surface area (Å²) >= 11 is 0. The zero-order valence-corrected chi connectivity index (χ0v) is 10.8. The van der Waals surface area contributed by atoms with Gasteiger partial charge in [-0.25, -0.2) is 4.79 Å². The fourth-order valence-corrected chi connectivity index (χ4v) is 1.77. The zero-order valence-electron chi connectivity index (χ0n) is 10.8. The summed E-state index contributed by atoms with van der Waals surface area (Å²) in [5.41, 5.74) is 1.03. The molecule has 1 atom stereocenters. The average Bonchev–Trinajstić information content (AvgIpc) is 2.27. The first-order valence-electron chi connectivity index (χ1n) is 5.85. The van der Waals surface area contributed by atoms with Gasteiger partial charge in [-0.05, 0) is 32.4 Å². The van der Waals surface area contributed by atoms with Crippen LogP contribution < -0.4 is 0 Å². The standard InChI is InChI=1S/C14H17NO3/c1-14(2,3)18-13(17)15-9-8-10-6-4-5-7-11(10)12(15)16/h4-9,12,16H,1-3H3. The molecule has 0 radical (unpaired) electrons. The molecule has 1 unspecified atom stereocenters. The van der Waals surface area contributed by atoms with Gasteiger partial charge < -0.3 is 9.84 Å². The summed E-state index contributed by atoms with van der Waals surface area (Å²) < 4.78 is 5.24. The monoisotopic (exact) mass is 247 g/mol. The molecular formula is C14H17NO3. The Balaban J connectivity index is 2.22. The number of benzene rings is 1. The molecular weight excluding hydrogens is 230 g/mol. The van der Waals surface area contributed by atoms with E-state index in [1.54, 1.807) is 39.1 Å². The second-order valence-corrected chi connectivity index (χ2v) is 5.21. The average molecular weight is 247 g/mol. The van der Waals surface area contributed by atoms with Crippen molar-refractivity contribution in [3.05, 3.63) is 41.6 Å². The van der Waals surface area contributed by atoms with E-state index in [1.807, 2.05) is 18.2 Å². The third-order valence-electron chi connectivity index (χ3n) is 2.56. The lowest BCUT2D eigenvalue weighted by Gasteiger charge is -2.31. The molecule has 18 heavy (non-hydrogen) atoms. The lowest BCUT2D eigenvalue weighted by Crippen LogP contribution is -2.37. The van der Waals surface area contributed by atoms with Gasteiger partial charge in [0.25, 0.3) is 0 Å². The van der Waals surface area contributed by atoms with Crippen molar-refractivity contribution in [3.63, 3.8) is 0 Å². The van der Waals surface area contributed by atoms with Gasteiger partial charge in [0.1, 0.15) is 5.60 Å². The molecule has 1 aliphatic heterocycles. The molecule has 0 aromatic heterocycles. The fraction of sp³-hybridized carbons (Fsp3) is 0.357. The van der Waals surface area contributed by atoms with Gasteiger partial charge in [0.05, 0.1) is 0 Å². The van der Waals surface area contributed by atoms with Gasteiger partial charge in [-0.15, -0.1) is 0 Å². The van der Waals surface area contributed by atoms with E-state index in [-0.39, 0.29) is 0 Å². The van der Waals surface area contributed by atoms with Gasteiger partial charge in [-0.1, -0.05) is 24.3 Å². The molecule has 1 aromatic carbocycles. The van der Waals surface area contributed by atoms with Gasteiger partial charge >= 0.3 is 6.09 Å². The lowest BCUT2D eigenvalue weighted by atomic mass is 10.0. The molecule has 1 aliphatic rings. The Labute approximate surface area is 106 Å². The molecule has 0 bridgehead atoms. The van der Waals surface area contributed by atoms with Crippen molar-refractivity contribution in [2.24, 2.45) is 0 Å². The van der Waals surface area contributed by atoms with E-state index < -0.39 is 17.9 Å². The second kappa shape index (κ2) is 4.46. The van der Waals surface area contributed by atoms with Crippen molar-refractivity contribution in [2.45, 2.75) is 32.6 Å². The molecule has 1 N–H and O–H groups in total. The molecule has 2 rings (SSSR count). The van der Waals surface area contributed by atoms with E-state index in [0.717, 1.165) is 5.56 Å². The predicted molar refractivity (Wildman–Crippen MR) is 68.5 cm³/mol. The van der Waals surface area contributed by atoms with Gasteiger partial charge in [0, 0.05) is 11.8 Å². The number of carbonyl (C=O) groups excluding carboxylic acids is 1. The number of aliphatic hydroxyl groups excluding tert-OH is 1. The van der Waals surface area contributed by atoms with Crippen LogP contribution in [0.4, 0.5) is 4.79 Å². The smallest absolute Gasteiger partial charge is 0.416 e. The van der Waals surface area contributed by atoms with E-state index in [0.29, 0.717) is 5.56 Å². The highest BCUT2D eigenvalue weighted by molar-refractivity contribution is 5.73. The van der Waals surface area contributed by atoms with Crippen LogP contribution in [0.1, 0.15) is 38.1 Å². The quantitative estimate of drug-likeness (QED) is 0.767. The number of hydrogen-bond acceptors (Lipinski definition) is 3. The Kier molecular flexibility index (Phi) is 3.13. The summed E-state index contributed by atoms with van der Waals surface area (Å²) in [6.45, 7) is 5.37. The number of fused-ring (bicyclic) bond motifs is 1. The lowest BCUT2D eigenvalue weighted by molar-refractivity contribution is -0.0129. The van der Waals surface area contributed by atoms with Gasteiger partial charge in [-0.2, -0.15) is 0 Å². The summed E-state index contributed by atoms with van der Waals surface area (Å²) in [4.78, 5) is 13.1. The molecule has 4 heteroatoms. The highest BCUT2D eigenvalue weighted by atomic mass is 16.6. The van der Waals surface area contributed by atoms with Crippen molar-refractivity contribution >= 4 is 12.2 Å². The molecule has 0 spiro atoms. The van der Waals surface area contributed by atoms with Crippen molar-refractivity contribution in [1.82, 2.24) is 4.90 Å². The Morgan fingerprint density at radius 2 is 2.00 bits per heavy atom. The summed E-state index contributed by atoms with van der Waals surface area (Å²) in [5.74, 6) is 0. The van der Waals surface area contributed by atoms with Crippen LogP contribution >= 0.6 is 0 Å². The zero-order chi connectivity index (χ0) is 13.3. The Bertz CT molecular complexity index is 488. The van der Waals surface area contributed by atoms with Crippen LogP contribution in [0.3, 0.4) is 0 Å². The van der Waals surface area contributed by atoms with E-state index in [2.05, 4.69) is 0 Å². The Hall–Kier alpha value is -1.81. The van der Waals surface area contributed by atoms with Crippen LogP contribution in [0.25, 0.3) is 6.08 Å². The minimum atomic E-state index is -0.999. The van der Waals surface area contributed by atoms with Crippen LogP contribution in [0, 0.1) is 0 Å². The van der Waals surface area contributed by atoms with Gasteiger partial charge in [0.2, 0.25) is 0 Å². The summed E-state index contributed by atoms with van der Waals surface area (Å²) in [6.07, 6.45) is 1.77. The fourth-order valence-electron chi connectivity index (χ4n) is 1.77. The summed E-state index contributed by atoms with van der Waals surface area (Å²) in [7, 11) is 0. The van der Waals surface area contributed by atoms with Crippen LogP contribution in [0.2, 0.25) is 0 Å². The van der Waals surface area contributed by atoms with E-state index >= 15 is 0 Å². The van der Waals surface area contributed by atoms with Crippen LogP contribution in [-0.4, -0.2) is 21.7 Å². The van der Waals surface area contributed by atoms with E-state index in [1.165, 1.54) is 4.90 Å². The second-order valence-electron chi connectivity index (χ2n) is 5.21. The van der Waals surface area contributed by atoms with Crippen molar-refractivity contribution in [2.75, 3.05) is 0 Å². The minimum Gasteiger partial charge on any atom is -0.443 e. The number of aliphatic hydroxyl groups is 1. The van der Waals surface area contributed by atoms with Crippen LogP contribution in [0.15, 0.2) is 30.5 Å². The third kappa shape index (κ3) is 2.54. The molecule has 0 fully saturated rings. The van der Waals surface area contributed by atoms with Gasteiger partial charge in [0.15, 0.2) is 6.23 Å². The maximum atomic E-state index is 11.9. The van der Waals surface area contributed by atoms with E-state index in [9.17, 15) is 9.90 Å². The van der Waals surface area contributed by atoms with E-state index in [4.69, 9.17) is 4.74 Å². The number of hydrogen-bond donors (Lipinski definition) is 1. The first-order valence-corrected chi connectivity index (χ1v) is 5.85. The Morgan fingerprint density at radius 1 is 1.33 bits per heavy atom. The number of amides is 1. The summed E-state index contributed by atoms with van der Waals surface area (Å²) in [5, 5.41) is 10.2. The highest BCUT2D eigenvalue weighted by Gasteiger charge is 2.29. The molecule has 1 aromatic rings. The first kappa shape index (κ1) is 12.6. The number of ether oxygens (including phenoxy) is 1. The maximum Gasteiger partial charge on any atom is 0.416 e. The predicted octanol–water partition coefficient (Wildman–Crippen LogP) is 2.90. The largest absolute Gasteiger partial charge is 0.443 e. The van der Waals surface area contributed by atoms with Crippen molar-refractivity contribution < 1.29 is 14.6 Å². The molecule has 0 saturated carbocycles. The number of carbonyl (C=O) groups is 1. The normalized spacial score (nSPS) is 18.4. The van der Waals surface area contributed by atoms with Gasteiger partial charge in [-0.3, -0.25) is 4.90 Å². The number of rotatable bonds is 0. The third-order valence-corrected chi connectivity index (χ3v) is 2.56. The van der Waals surface area contributed by atoms with Crippen LogP contribution in [0.5, 0.6) is 0 Å². The molecule has 4 nitrogen and oxygen atoms in total. The van der Waals surface area contributed by atoms with Crippen molar-refractivity contribution in [1.29, 1.82) is 0 Å². The summed E-state index contributed by atoms with van der Waals surface area (Å²) in [6, 6.07) is 7.40. The molecule has 96 valence electrons.